The van der Waals surface area contributed by atoms with E-state index in [0.29, 0.717) is 16.3 Å². The monoisotopic (exact) mass is 404 g/mol. The molecule has 134 valence electrons. The van der Waals surface area contributed by atoms with Crippen molar-refractivity contribution in [3.8, 4) is 0 Å². The molecule has 1 atom stereocenters. The Bertz CT molecular complexity index is 873. The number of benzene rings is 2. The number of nitrogens with one attached hydrogen (secondary N) is 2. The van der Waals surface area contributed by atoms with Crippen LogP contribution in [0.2, 0.25) is 10.0 Å². The Morgan fingerprint density at radius 3 is 2.36 bits per heavy atom. The van der Waals surface area contributed by atoms with Crippen LogP contribution in [0.3, 0.4) is 0 Å². The summed E-state index contributed by atoms with van der Waals surface area (Å²) in [6.07, 6.45) is 0.787. The van der Waals surface area contributed by atoms with Crippen LogP contribution in [0.15, 0.2) is 42.5 Å². The second kappa shape index (κ2) is 8.14. The first kappa shape index (κ1) is 19.7. The molecule has 0 aliphatic rings. The molecule has 0 spiro atoms. The van der Waals surface area contributed by atoms with Gasteiger partial charge in [-0.05, 0) is 35.9 Å². The Kier molecular flexibility index (Phi) is 6.40. The highest BCUT2D eigenvalue weighted by molar-refractivity contribution is 7.88. The fraction of sp³-hybridized carbons (Fsp3) is 0.188. The van der Waals surface area contributed by atoms with Crippen LogP contribution in [0.4, 0.5) is 10.1 Å². The summed E-state index contributed by atoms with van der Waals surface area (Å²) in [7, 11) is -3.58. The predicted molar refractivity (Wildman–Crippen MR) is 96.8 cm³/mol. The smallest absolute Gasteiger partial charge is 0.226 e. The summed E-state index contributed by atoms with van der Waals surface area (Å²) < 4.78 is 38.6. The second-order valence-corrected chi connectivity index (χ2v) is 7.99. The molecule has 2 N–H and O–H groups in total. The maximum absolute atomic E-state index is 13.1. The quantitative estimate of drug-likeness (QED) is 0.769. The fourth-order valence-electron chi connectivity index (χ4n) is 2.16. The third-order valence-corrected chi connectivity index (χ3v) is 4.48. The largest absolute Gasteiger partial charge is 0.325 e. The maximum Gasteiger partial charge on any atom is 0.226 e. The first-order chi connectivity index (χ1) is 11.6. The third-order valence-electron chi connectivity index (χ3n) is 3.22. The lowest BCUT2D eigenvalue weighted by atomic mass is 10.0. The van der Waals surface area contributed by atoms with Gasteiger partial charge >= 0.3 is 0 Å². The van der Waals surface area contributed by atoms with Gasteiger partial charge in [0.1, 0.15) is 5.82 Å². The van der Waals surface area contributed by atoms with Crippen LogP contribution in [0.1, 0.15) is 18.0 Å². The van der Waals surface area contributed by atoms with E-state index in [0.717, 1.165) is 6.26 Å². The molecule has 0 unspecified atom stereocenters. The van der Waals surface area contributed by atoms with Gasteiger partial charge in [0.2, 0.25) is 15.9 Å². The van der Waals surface area contributed by atoms with Crippen molar-refractivity contribution < 1.29 is 17.6 Å². The Morgan fingerprint density at radius 1 is 1.16 bits per heavy atom. The van der Waals surface area contributed by atoms with Gasteiger partial charge in [-0.15, -0.1) is 0 Å². The molecule has 1 amide bonds. The van der Waals surface area contributed by atoms with Crippen molar-refractivity contribution in [2.75, 3.05) is 11.6 Å². The minimum atomic E-state index is -3.58. The van der Waals surface area contributed by atoms with Gasteiger partial charge in [-0.3, -0.25) is 4.79 Å². The van der Waals surface area contributed by atoms with Gasteiger partial charge < -0.3 is 5.32 Å². The van der Waals surface area contributed by atoms with Gasteiger partial charge in [0.25, 0.3) is 0 Å². The van der Waals surface area contributed by atoms with Crippen molar-refractivity contribution in [2.45, 2.75) is 12.5 Å². The average molecular weight is 405 g/mol. The van der Waals surface area contributed by atoms with Crippen molar-refractivity contribution in [3.63, 3.8) is 0 Å². The van der Waals surface area contributed by atoms with Gasteiger partial charge in [0, 0.05) is 11.4 Å². The summed E-state index contributed by atoms with van der Waals surface area (Å²) in [5, 5.41) is 3.28. The highest BCUT2D eigenvalue weighted by Gasteiger charge is 2.20. The van der Waals surface area contributed by atoms with Gasteiger partial charge in [-0.25, -0.2) is 17.5 Å². The molecule has 2 aromatic carbocycles. The first-order valence-corrected chi connectivity index (χ1v) is 9.76. The average Bonchev–Trinajstić information content (AvgIpc) is 2.49. The van der Waals surface area contributed by atoms with Gasteiger partial charge in [-0.1, -0.05) is 35.3 Å². The summed E-state index contributed by atoms with van der Waals surface area (Å²) in [4.78, 5) is 12.3. The SMILES string of the molecule is CS(=O)(=O)N[C@@H](CC(=O)Nc1ccc(Cl)cc1Cl)c1ccc(F)cc1. The molecular formula is C16H15Cl2FN2O3S. The van der Waals surface area contributed by atoms with Crippen molar-refractivity contribution in [3.05, 3.63) is 63.9 Å². The lowest BCUT2D eigenvalue weighted by Gasteiger charge is -2.18. The number of carbonyl (C=O) groups is 1. The molecule has 0 bridgehead atoms. The molecule has 2 aromatic rings. The first-order valence-electron chi connectivity index (χ1n) is 7.12. The molecule has 5 nitrogen and oxygen atoms in total. The lowest BCUT2D eigenvalue weighted by Crippen LogP contribution is -2.30. The molecule has 9 heteroatoms. The molecule has 0 saturated heterocycles. The van der Waals surface area contributed by atoms with Crippen LogP contribution in [-0.2, 0) is 14.8 Å². The van der Waals surface area contributed by atoms with E-state index in [1.807, 2.05) is 0 Å². The van der Waals surface area contributed by atoms with Crippen molar-refractivity contribution in [1.29, 1.82) is 0 Å². The van der Waals surface area contributed by atoms with E-state index in [1.54, 1.807) is 12.1 Å². The van der Waals surface area contributed by atoms with Gasteiger partial charge in [0.15, 0.2) is 0 Å². The van der Waals surface area contributed by atoms with Crippen LogP contribution in [0.5, 0.6) is 0 Å². The molecule has 0 aliphatic heterocycles. The predicted octanol–water partition coefficient (Wildman–Crippen LogP) is 3.75. The van der Waals surface area contributed by atoms with E-state index >= 15 is 0 Å². The van der Waals surface area contributed by atoms with E-state index in [2.05, 4.69) is 10.0 Å². The highest BCUT2D eigenvalue weighted by Crippen LogP contribution is 2.26. The number of hydrogen-bond donors (Lipinski definition) is 2. The van der Waals surface area contributed by atoms with Crippen molar-refractivity contribution in [1.82, 2.24) is 4.72 Å². The van der Waals surface area contributed by atoms with E-state index in [4.69, 9.17) is 23.2 Å². The third kappa shape index (κ3) is 6.28. The molecule has 25 heavy (non-hydrogen) atoms. The number of halogens is 3. The maximum atomic E-state index is 13.1. The van der Waals surface area contributed by atoms with Crippen LogP contribution in [0, 0.1) is 5.82 Å². The van der Waals surface area contributed by atoms with E-state index < -0.39 is 27.8 Å². The molecule has 0 radical (unpaired) electrons. The summed E-state index contributed by atoms with van der Waals surface area (Å²) in [5.41, 5.74) is 0.817. The number of carbonyl (C=O) groups excluding carboxylic acids is 1. The molecule has 0 saturated carbocycles. The zero-order chi connectivity index (χ0) is 18.6. The number of hydrogen-bond acceptors (Lipinski definition) is 3. The van der Waals surface area contributed by atoms with Crippen molar-refractivity contribution in [2.24, 2.45) is 0 Å². The lowest BCUT2D eigenvalue weighted by molar-refractivity contribution is -0.116. The molecule has 0 heterocycles. The van der Waals surface area contributed by atoms with Crippen molar-refractivity contribution >= 4 is 44.8 Å². The Labute approximate surface area is 155 Å². The molecule has 2 rings (SSSR count). The van der Waals surface area contributed by atoms with E-state index in [9.17, 15) is 17.6 Å². The van der Waals surface area contributed by atoms with Crippen LogP contribution < -0.4 is 10.0 Å². The van der Waals surface area contributed by atoms with E-state index in [1.165, 1.54) is 30.3 Å². The topological polar surface area (TPSA) is 75.3 Å². The summed E-state index contributed by atoms with van der Waals surface area (Å²) in [5.74, 6) is -0.922. The van der Waals surface area contributed by atoms with Gasteiger partial charge in [0.05, 0.1) is 23.0 Å². The molecule has 0 aromatic heterocycles. The zero-order valence-electron chi connectivity index (χ0n) is 13.1. The molecule has 0 aliphatic carbocycles. The van der Waals surface area contributed by atoms with Crippen LogP contribution in [0.25, 0.3) is 0 Å². The number of rotatable bonds is 6. The molecular weight excluding hydrogens is 390 g/mol. The molecule has 0 fully saturated rings. The standard InChI is InChI=1S/C16H15Cl2FN2O3S/c1-25(23,24)21-15(10-2-5-12(19)6-3-10)9-16(22)20-14-7-4-11(17)8-13(14)18/h2-8,15,21H,9H2,1H3,(H,20,22)/t15-/m0/s1. The normalized spacial score (nSPS) is 12.6. The number of sulfonamides is 1. The Balaban J connectivity index is 2.17. The summed E-state index contributed by atoms with van der Waals surface area (Å²) >= 11 is 11.8. The second-order valence-electron chi connectivity index (χ2n) is 5.37. The summed E-state index contributed by atoms with van der Waals surface area (Å²) in [6, 6.07) is 8.96. The zero-order valence-corrected chi connectivity index (χ0v) is 15.4. The highest BCUT2D eigenvalue weighted by atomic mass is 35.5. The Hall–Kier alpha value is -1.67. The van der Waals surface area contributed by atoms with E-state index in [-0.39, 0.29) is 11.4 Å². The minimum Gasteiger partial charge on any atom is -0.325 e. The minimum absolute atomic E-state index is 0.197. The fourth-order valence-corrected chi connectivity index (χ4v) is 3.35. The van der Waals surface area contributed by atoms with Crippen LogP contribution >= 0.6 is 23.2 Å². The Morgan fingerprint density at radius 2 is 1.80 bits per heavy atom. The summed E-state index contributed by atoms with van der Waals surface area (Å²) in [6.45, 7) is 0. The van der Waals surface area contributed by atoms with Crippen LogP contribution in [-0.4, -0.2) is 20.6 Å². The number of anilines is 1. The number of amides is 1. The van der Waals surface area contributed by atoms with Gasteiger partial charge in [-0.2, -0.15) is 0 Å².